The molecule has 0 nitrogen and oxygen atoms in total. The molecule has 0 atom stereocenters. The SMILES string of the molecule is [Ca+2].[Fe].[H-].[H-].[H-].[K+].[SeH].[Zn]. The van der Waals surface area contributed by atoms with Gasteiger partial charge in [-0.15, -0.1) is 0 Å². The second-order valence-electron chi connectivity index (χ2n) is 0. The van der Waals surface area contributed by atoms with Crippen LogP contribution in [0.1, 0.15) is 4.28 Å². The van der Waals surface area contributed by atoms with Crippen LogP contribution in [-0.2, 0) is 36.5 Å². The molecule has 0 rings (SSSR count). The average Bonchev–Trinajstić information content (AvgIpc) is 0. The predicted octanol–water partition coefficient (Wildman–Crippen LogP) is -3.69. The van der Waals surface area contributed by atoms with Gasteiger partial charge in [-0.25, -0.2) is 0 Å². The van der Waals surface area contributed by atoms with Gasteiger partial charge in [-0.1, -0.05) is 0 Å². The van der Waals surface area contributed by atoms with E-state index in [9.17, 15) is 0 Å². The van der Waals surface area contributed by atoms with Crippen LogP contribution in [0.4, 0.5) is 0 Å². The average molecular weight is 283 g/mol. The molecule has 0 aliphatic carbocycles. The maximum absolute atomic E-state index is 0. The smallest absolute Gasteiger partial charge is 0 e. The van der Waals surface area contributed by atoms with Crippen LogP contribution in [0, 0.1) is 0 Å². The summed E-state index contributed by atoms with van der Waals surface area (Å²) in [6.07, 6.45) is 0. The third-order valence-corrected chi connectivity index (χ3v) is 0. The van der Waals surface area contributed by atoms with E-state index in [2.05, 4.69) is 0 Å². The van der Waals surface area contributed by atoms with Crippen molar-refractivity contribution in [2.45, 2.75) is 0 Å². The maximum atomic E-state index is 0. The van der Waals surface area contributed by atoms with Gasteiger partial charge in [-0.05, 0) is 0 Å². The van der Waals surface area contributed by atoms with Gasteiger partial charge in [0.2, 0.25) is 0 Å². The molecule has 0 aromatic carbocycles. The zero-order chi connectivity index (χ0) is 0. The van der Waals surface area contributed by atoms with E-state index in [1.54, 1.807) is 0 Å². The molecular weight excluding hydrogens is 279 g/mol. The quantitative estimate of drug-likeness (QED) is 0.402. The minimum atomic E-state index is 0. The first-order valence-electron chi connectivity index (χ1n) is 0. The summed E-state index contributed by atoms with van der Waals surface area (Å²) in [6, 6.07) is 0. The van der Waals surface area contributed by atoms with Gasteiger partial charge in [0.1, 0.15) is 0 Å². The zero-order valence-electron chi connectivity index (χ0n) is 6.21. The van der Waals surface area contributed by atoms with Crippen LogP contribution in [0.15, 0.2) is 0 Å². The van der Waals surface area contributed by atoms with Crippen molar-refractivity contribution in [1.82, 2.24) is 0 Å². The van der Waals surface area contributed by atoms with Crippen molar-refractivity contribution in [3.8, 4) is 0 Å². The summed E-state index contributed by atoms with van der Waals surface area (Å²) < 4.78 is 0. The van der Waals surface area contributed by atoms with E-state index in [0.29, 0.717) is 0 Å². The molecule has 0 saturated heterocycles. The zero-order valence-corrected chi connectivity index (χ0v) is 14.5. The topological polar surface area (TPSA) is 0 Å². The van der Waals surface area contributed by atoms with Crippen LogP contribution in [0.5, 0.6) is 0 Å². The largest absolute Gasteiger partial charge is 0 e. The first-order chi connectivity index (χ1) is 0. The Balaban J connectivity index is 0. The van der Waals surface area contributed by atoms with E-state index in [0.717, 1.165) is 0 Å². The van der Waals surface area contributed by atoms with E-state index in [-0.39, 0.29) is 147 Å². The minimum Gasteiger partial charge on any atom is 0 e. The van der Waals surface area contributed by atoms with Gasteiger partial charge in [-0.3, -0.25) is 0 Å². The molecule has 0 aliphatic rings. The summed E-state index contributed by atoms with van der Waals surface area (Å²) in [5.41, 5.74) is 0. The Morgan fingerprint density at radius 1 is 1.20 bits per heavy atom. The Kier molecular flexibility index (Phi) is 159. The monoisotopic (exact) mass is 283 g/mol. The summed E-state index contributed by atoms with van der Waals surface area (Å²) >= 11 is 0. The molecule has 0 saturated carbocycles. The third-order valence-electron chi connectivity index (χ3n) is 0. The summed E-state index contributed by atoms with van der Waals surface area (Å²) in [7, 11) is 0. The summed E-state index contributed by atoms with van der Waals surface area (Å²) in [5, 5.41) is 0. The Labute approximate surface area is 143 Å². The van der Waals surface area contributed by atoms with E-state index in [1.807, 2.05) is 0 Å². The molecule has 5 heavy (non-hydrogen) atoms. The van der Waals surface area contributed by atoms with Crippen molar-refractivity contribution in [3.05, 3.63) is 0 Å². The number of hydrogen-bond donors (Lipinski definition) is 0. The van der Waals surface area contributed by atoms with Gasteiger partial charge in [0.25, 0.3) is 0 Å². The van der Waals surface area contributed by atoms with E-state index >= 15 is 0 Å². The fraction of sp³-hybridized carbons (Fsp3) is 0. The fourth-order valence-corrected chi connectivity index (χ4v) is 0. The summed E-state index contributed by atoms with van der Waals surface area (Å²) in [4.78, 5) is 0. The molecular formula is H4CaFeKSeZn. The molecule has 0 unspecified atom stereocenters. The van der Waals surface area contributed by atoms with E-state index < -0.39 is 0 Å². The van der Waals surface area contributed by atoms with Gasteiger partial charge in [0, 0.05) is 36.5 Å². The van der Waals surface area contributed by atoms with Crippen LogP contribution in [-0.4, -0.2) is 54.8 Å². The van der Waals surface area contributed by atoms with Gasteiger partial charge in [0.15, 0.2) is 0 Å². The molecule has 0 amide bonds. The third kappa shape index (κ3) is 17.7. The Morgan fingerprint density at radius 3 is 1.20 bits per heavy atom. The van der Waals surface area contributed by atoms with Crippen LogP contribution in [0.3, 0.4) is 0 Å². The van der Waals surface area contributed by atoms with Crippen LogP contribution >= 0.6 is 0 Å². The van der Waals surface area contributed by atoms with Crippen LogP contribution in [0.25, 0.3) is 0 Å². The van der Waals surface area contributed by atoms with Gasteiger partial charge in [-0.2, -0.15) is 0 Å². The minimum absolute atomic E-state index is 0. The van der Waals surface area contributed by atoms with Crippen LogP contribution in [0.2, 0.25) is 0 Å². The molecule has 0 bridgehead atoms. The first kappa shape index (κ1) is 33.7. The first-order valence-corrected chi connectivity index (χ1v) is 0. The van der Waals surface area contributed by atoms with Crippen molar-refractivity contribution in [1.29, 1.82) is 0 Å². The fourth-order valence-electron chi connectivity index (χ4n) is 0. The molecule has 0 fully saturated rings. The second-order valence-corrected chi connectivity index (χ2v) is 0. The van der Waals surface area contributed by atoms with Crippen molar-refractivity contribution in [2.24, 2.45) is 0 Å². The van der Waals surface area contributed by atoms with E-state index in [4.69, 9.17) is 0 Å². The standard InChI is InChI=1S/Ca.Fe.K.HSe.Zn.3H/h;;;1H;;;;/q+2;;+1;;;3*-1. The Bertz CT molecular complexity index is 19.2. The summed E-state index contributed by atoms with van der Waals surface area (Å²) in [6.45, 7) is 0. The maximum Gasteiger partial charge on any atom is 0 e. The molecule has 5 heteroatoms. The van der Waals surface area contributed by atoms with Crippen LogP contribution < -0.4 is 51.4 Å². The summed E-state index contributed by atoms with van der Waals surface area (Å²) in [5.74, 6) is 0. The van der Waals surface area contributed by atoms with Gasteiger partial charge >= 0.3 is 106 Å². The van der Waals surface area contributed by atoms with Gasteiger partial charge < -0.3 is 4.28 Å². The van der Waals surface area contributed by atoms with Gasteiger partial charge in [0.05, 0.1) is 0 Å². The molecule has 0 aliphatic heterocycles. The molecule has 23 valence electrons. The molecule has 0 heterocycles. The normalized spacial score (nSPS) is 0. The Morgan fingerprint density at radius 2 is 1.20 bits per heavy atom. The van der Waals surface area contributed by atoms with Crippen molar-refractivity contribution >= 4 is 54.8 Å². The van der Waals surface area contributed by atoms with E-state index in [1.165, 1.54) is 0 Å². The second kappa shape index (κ2) is 23.5. The van der Waals surface area contributed by atoms with Crippen molar-refractivity contribution in [3.63, 3.8) is 0 Å². The Hall–Kier alpha value is 4.56. The molecule has 0 spiro atoms. The van der Waals surface area contributed by atoms with Crippen molar-refractivity contribution in [2.75, 3.05) is 0 Å². The molecule has 0 aromatic rings. The molecule has 1 radical (unpaired) electrons. The number of hydrogen-bond acceptors (Lipinski definition) is 0. The number of rotatable bonds is 0. The van der Waals surface area contributed by atoms with Crippen molar-refractivity contribution < 1.29 is 92.2 Å². The predicted molar refractivity (Wildman–Crippen MR) is 16.2 cm³/mol. The molecule has 0 aromatic heterocycles. The molecule has 0 N–H and O–H groups in total.